The summed E-state index contributed by atoms with van der Waals surface area (Å²) < 4.78 is 0. The minimum atomic E-state index is -1.22. The number of carboxylic acid groups (broad SMARTS) is 1. The van der Waals surface area contributed by atoms with E-state index in [-0.39, 0.29) is 24.0 Å². The lowest BCUT2D eigenvalue weighted by atomic mass is 10.0. The molecule has 0 aliphatic carbocycles. The lowest BCUT2D eigenvalue weighted by Crippen LogP contribution is -2.56. The van der Waals surface area contributed by atoms with Crippen molar-refractivity contribution in [3.05, 3.63) is 0 Å². The summed E-state index contributed by atoms with van der Waals surface area (Å²) in [5, 5.41) is 16.0. The van der Waals surface area contributed by atoms with Crippen LogP contribution in [0.2, 0.25) is 0 Å². The van der Waals surface area contributed by atoms with E-state index in [0.29, 0.717) is 0 Å². The Labute approximate surface area is 151 Å². The average molecular weight is 380 g/mol. The van der Waals surface area contributed by atoms with Gasteiger partial charge in [-0.3, -0.25) is 14.4 Å². The summed E-state index contributed by atoms with van der Waals surface area (Å²) in [5.74, 6) is -3.24. The van der Waals surface area contributed by atoms with Crippen molar-refractivity contribution in [1.82, 2.24) is 16.0 Å². The van der Waals surface area contributed by atoms with Crippen molar-refractivity contribution >= 4 is 48.9 Å². The molecule has 3 amide bonds. The van der Waals surface area contributed by atoms with Gasteiger partial charge in [-0.2, -0.15) is 25.3 Å². The van der Waals surface area contributed by atoms with Crippen molar-refractivity contribution in [2.75, 3.05) is 18.1 Å². The van der Waals surface area contributed by atoms with Crippen molar-refractivity contribution in [3.63, 3.8) is 0 Å². The van der Waals surface area contributed by atoms with Gasteiger partial charge in [0, 0.05) is 11.5 Å². The highest BCUT2D eigenvalue weighted by Crippen LogP contribution is 2.03. The smallest absolute Gasteiger partial charge is 0.327 e. The first-order valence-corrected chi connectivity index (χ1v) is 8.48. The van der Waals surface area contributed by atoms with Crippen LogP contribution in [-0.2, 0) is 19.2 Å². The molecule has 0 radical (unpaired) electrons. The molecule has 0 aromatic heterocycles. The number of rotatable bonds is 10. The standard InChI is InChI=1S/C13H24N4O5S2/c1-6(2)10(12(20)16-8(5-24)13(21)22)17-9(18)3-15-11(19)7(14)4-23/h6-8,10,23-24H,3-5,14H2,1-2H3,(H,15,19)(H,16,20)(H,17,18)(H,21,22). The second kappa shape index (κ2) is 11.2. The number of carbonyl (C=O) groups is 4. The number of hydrogen-bond donors (Lipinski definition) is 7. The highest BCUT2D eigenvalue weighted by molar-refractivity contribution is 7.80. The molecule has 3 unspecified atom stereocenters. The Morgan fingerprint density at radius 1 is 1.04 bits per heavy atom. The Morgan fingerprint density at radius 3 is 2.04 bits per heavy atom. The number of hydrogen-bond acceptors (Lipinski definition) is 7. The summed E-state index contributed by atoms with van der Waals surface area (Å²) in [6.45, 7) is 3.03. The van der Waals surface area contributed by atoms with E-state index in [1.54, 1.807) is 13.8 Å². The molecule has 0 spiro atoms. The fourth-order valence-corrected chi connectivity index (χ4v) is 2.00. The highest BCUT2D eigenvalue weighted by Gasteiger charge is 2.28. The third-order valence-electron chi connectivity index (χ3n) is 3.02. The van der Waals surface area contributed by atoms with Gasteiger partial charge in [-0.1, -0.05) is 13.8 Å². The van der Waals surface area contributed by atoms with Crippen LogP contribution in [0.4, 0.5) is 0 Å². The van der Waals surface area contributed by atoms with E-state index in [0.717, 1.165) is 0 Å². The molecule has 24 heavy (non-hydrogen) atoms. The highest BCUT2D eigenvalue weighted by atomic mass is 32.1. The van der Waals surface area contributed by atoms with Crippen LogP contribution in [0, 0.1) is 5.92 Å². The zero-order valence-corrected chi connectivity index (χ0v) is 15.3. The van der Waals surface area contributed by atoms with Gasteiger partial charge in [0.15, 0.2) is 0 Å². The lowest BCUT2D eigenvalue weighted by Gasteiger charge is -2.23. The third kappa shape index (κ3) is 7.88. The van der Waals surface area contributed by atoms with Gasteiger partial charge in [0.05, 0.1) is 12.6 Å². The summed E-state index contributed by atoms with van der Waals surface area (Å²) in [6, 6.07) is -2.95. The molecular formula is C13H24N4O5S2. The molecule has 0 fully saturated rings. The van der Waals surface area contributed by atoms with Crippen molar-refractivity contribution in [2.24, 2.45) is 11.7 Å². The van der Waals surface area contributed by atoms with Crippen LogP contribution >= 0.6 is 25.3 Å². The maximum Gasteiger partial charge on any atom is 0.327 e. The SMILES string of the molecule is CC(C)C(NC(=O)CNC(=O)C(N)CS)C(=O)NC(CS)C(=O)O. The molecule has 0 aliphatic rings. The predicted molar refractivity (Wildman–Crippen MR) is 95.0 cm³/mol. The summed E-state index contributed by atoms with van der Waals surface area (Å²) >= 11 is 7.73. The fraction of sp³-hybridized carbons (Fsp3) is 0.692. The number of carboxylic acids is 1. The van der Waals surface area contributed by atoms with Crippen LogP contribution in [0.1, 0.15) is 13.8 Å². The Bertz CT molecular complexity index is 475. The lowest BCUT2D eigenvalue weighted by molar-refractivity contribution is -0.141. The van der Waals surface area contributed by atoms with Gasteiger partial charge in [-0.05, 0) is 5.92 Å². The zero-order chi connectivity index (χ0) is 18.9. The van der Waals surface area contributed by atoms with Gasteiger partial charge < -0.3 is 26.8 Å². The van der Waals surface area contributed by atoms with E-state index in [2.05, 4.69) is 41.2 Å². The molecule has 0 aromatic carbocycles. The van der Waals surface area contributed by atoms with E-state index < -0.39 is 41.8 Å². The fourth-order valence-electron chi connectivity index (χ4n) is 1.59. The second-order valence-corrected chi connectivity index (χ2v) is 6.11. The van der Waals surface area contributed by atoms with Crippen LogP contribution < -0.4 is 21.7 Å². The number of thiol groups is 2. The van der Waals surface area contributed by atoms with Gasteiger partial charge in [0.25, 0.3) is 0 Å². The minimum absolute atomic E-state index is 0.0858. The molecule has 9 nitrogen and oxygen atoms in total. The Hall–Kier alpha value is -1.46. The van der Waals surface area contributed by atoms with E-state index in [1.807, 2.05) is 0 Å². The van der Waals surface area contributed by atoms with E-state index in [9.17, 15) is 19.2 Å². The molecule has 0 bridgehead atoms. The van der Waals surface area contributed by atoms with Crippen LogP contribution in [0.5, 0.6) is 0 Å². The van der Waals surface area contributed by atoms with E-state index in [4.69, 9.17) is 10.8 Å². The first-order chi connectivity index (χ1) is 11.1. The maximum absolute atomic E-state index is 12.1. The molecular weight excluding hydrogens is 356 g/mol. The largest absolute Gasteiger partial charge is 0.480 e. The number of aliphatic carboxylic acids is 1. The average Bonchev–Trinajstić information content (AvgIpc) is 2.53. The van der Waals surface area contributed by atoms with Gasteiger partial charge in [0.1, 0.15) is 12.1 Å². The van der Waals surface area contributed by atoms with Gasteiger partial charge in [-0.25, -0.2) is 4.79 Å². The van der Waals surface area contributed by atoms with Crippen molar-refractivity contribution in [3.8, 4) is 0 Å². The normalized spacial score (nSPS) is 14.4. The monoisotopic (exact) mass is 380 g/mol. The van der Waals surface area contributed by atoms with E-state index in [1.165, 1.54) is 0 Å². The molecule has 0 aliphatic heterocycles. The molecule has 0 rings (SSSR count). The zero-order valence-electron chi connectivity index (χ0n) is 13.5. The maximum atomic E-state index is 12.1. The molecule has 0 saturated heterocycles. The molecule has 6 N–H and O–H groups in total. The van der Waals surface area contributed by atoms with Gasteiger partial charge in [0.2, 0.25) is 17.7 Å². The van der Waals surface area contributed by atoms with Crippen LogP contribution in [0.25, 0.3) is 0 Å². The Kier molecular flexibility index (Phi) is 10.5. The molecule has 0 heterocycles. The Morgan fingerprint density at radius 2 is 1.62 bits per heavy atom. The first kappa shape index (κ1) is 22.5. The summed E-state index contributed by atoms with van der Waals surface area (Å²) in [5.41, 5.74) is 5.45. The second-order valence-electron chi connectivity index (χ2n) is 5.38. The third-order valence-corrected chi connectivity index (χ3v) is 3.78. The summed E-state index contributed by atoms with van der Waals surface area (Å²) in [4.78, 5) is 46.4. The minimum Gasteiger partial charge on any atom is -0.480 e. The van der Waals surface area contributed by atoms with Crippen LogP contribution in [0.15, 0.2) is 0 Å². The topological polar surface area (TPSA) is 151 Å². The number of nitrogens with one attached hydrogen (secondary N) is 3. The van der Waals surface area contributed by atoms with Crippen molar-refractivity contribution in [2.45, 2.75) is 32.0 Å². The summed E-state index contributed by atoms with van der Waals surface area (Å²) in [7, 11) is 0. The summed E-state index contributed by atoms with van der Waals surface area (Å²) in [6.07, 6.45) is 0. The van der Waals surface area contributed by atoms with Crippen LogP contribution in [-0.4, -0.2) is 65.0 Å². The molecule has 11 heteroatoms. The molecule has 0 aromatic rings. The van der Waals surface area contributed by atoms with E-state index >= 15 is 0 Å². The first-order valence-electron chi connectivity index (χ1n) is 7.21. The predicted octanol–water partition coefficient (Wildman–Crippen LogP) is -2.00. The van der Waals surface area contributed by atoms with Gasteiger partial charge in [-0.15, -0.1) is 0 Å². The van der Waals surface area contributed by atoms with Crippen molar-refractivity contribution < 1.29 is 24.3 Å². The molecule has 0 saturated carbocycles. The Balaban J connectivity index is 4.67. The van der Waals surface area contributed by atoms with Crippen molar-refractivity contribution in [1.29, 1.82) is 0 Å². The number of carbonyl (C=O) groups excluding carboxylic acids is 3. The number of amides is 3. The molecule has 3 atom stereocenters. The van der Waals surface area contributed by atoms with Gasteiger partial charge >= 0.3 is 5.97 Å². The van der Waals surface area contributed by atoms with Crippen LogP contribution in [0.3, 0.4) is 0 Å². The number of nitrogens with two attached hydrogens (primary N) is 1. The quantitative estimate of drug-likeness (QED) is 0.218. The molecule has 138 valence electrons.